The van der Waals surface area contributed by atoms with Crippen molar-refractivity contribution in [3.63, 3.8) is 0 Å². The van der Waals surface area contributed by atoms with Gasteiger partial charge in [0.2, 0.25) is 0 Å². The van der Waals surface area contributed by atoms with Crippen LogP contribution >= 0.6 is 11.8 Å². The third kappa shape index (κ3) is 5.51. The van der Waals surface area contributed by atoms with Gasteiger partial charge in [0, 0.05) is 36.7 Å². The van der Waals surface area contributed by atoms with Gasteiger partial charge in [-0.3, -0.25) is 4.79 Å². The molecule has 1 aliphatic heterocycles. The van der Waals surface area contributed by atoms with Crippen molar-refractivity contribution in [3.8, 4) is 22.6 Å². The number of rotatable bonds is 10. The van der Waals surface area contributed by atoms with E-state index in [0.717, 1.165) is 47.0 Å². The normalized spacial score (nSPS) is 17.9. The van der Waals surface area contributed by atoms with E-state index in [4.69, 9.17) is 14.2 Å². The molecule has 0 amide bonds. The van der Waals surface area contributed by atoms with Crippen molar-refractivity contribution in [2.45, 2.75) is 56.4 Å². The molecular weight excluding hydrogens is 484 g/mol. The van der Waals surface area contributed by atoms with E-state index in [1.807, 2.05) is 6.07 Å². The Balaban J connectivity index is 1.35. The molecule has 194 valence electrons. The van der Waals surface area contributed by atoms with Gasteiger partial charge in [-0.25, -0.2) is 0 Å². The molecule has 0 saturated carbocycles. The summed E-state index contributed by atoms with van der Waals surface area (Å²) in [5, 5.41) is 9.20. The van der Waals surface area contributed by atoms with Crippen LogP contribution in [-0.4, -0.2) is 37.2 Å². The molecule has 5 rings (SSSR count). The lowest BCUT2D eigenvalue weighted by Gasteiger charge is -2.19. The van der Waals surface area contributed by atoms with E-state index in [9.17, 15) is 9.90 Å². The van der Waals surface area contributed by atoms with Crippen LogP contribution in [0, 0.1) is 13.8 Å². The van der Waals surface area contributed by atoms with E-state index >= 15 is 0 Å². The first kappa shape index (κ1) is 25.7. The van der Waals surface area contributed by atoms with Gasteiger partial charge in [-0.1, -0.05) is 24.3 Å². The van der Waals surface area contributed by atoms with Gasteiger partial charge in [0.1, 0.15) is 17.6 Å². The smallest absolute Gasteiger partial charge is 0.303 e. The van der Waals surface area contributed by atoms with E-state index in [1.165, 1.54) is 33.4 Å². The van der Waals surface area contributed by atoms with E-state index < -0.39 is 5.97 Å². The summed E-state index contributed by atoms with van der Waals surface area (Å²) in [7, 11) is 1.71. The predicted octanol–water partition coefficient (Wildman–Crippen LogP) is 7.12. The zero-order chi connectivity index (χ0) is 25.9. The molecule has 3 aromatic rings. The number of aryl methyl sites for hydroxylation is 2. The van der Waals surface area contributed by atoms with Crippen LogP contribution in [-0.2, 0) is 16.0 Å². The molecular formula is C31H34O5S. The van der Waals surface area contributed by atoms with E-state index in [0.29, 0.717) is 13.2 Å². The summed E-state index contributed by atoms with van der Waals surface area (Å²) < 4.78 is 17.6. The molecule has 0 fully saturated rings. The van der Waals surface area contributed by atoms with Gasteiger partial charge in [-0.2, -0.15) is 0 Å². The summed E-state index contributed by atoms with van der Waals surface area (Å²) in [6, 6.07) is 17.0. The third-order valence-electron chi connectivity index (χ3n) is 7.32. The van der Waals surface area contributed by atoms with Gasteiger partial charge in [0.25, 0.3) is 0 Å². The van der Waals surface area contributed by atoms with Crippen molar-refractivity contribution in [3.05, 3.63) is 76.3 Å². The highest BCUT2D eigenvalue weighted by Gasteiger charge is 2.29. The highest BCUT2D eigenvalue weighted by molar-refractivity contribution is 7.99. The van der Waals surface area contributed by atoms with Crippen LogP contribution in [0.3, 0.4) is 0 Å². The van der Waals surface area contributed by atoms with Crippen LogP contribution in [0.1, 0.15) is 59.1 Å². The standard InChI is InChI=1S/C31H34O5S/c1-19-14-23(35-13-5-12-34-3)15-20(2)31(19)27-7-4-6-26-25(27)10-11-28(26)36-22-8-9-24-21(16-30(32)33)18-37-29(24)17-22/h4,6-9,14-15,17,21,28H,5,10-13,16,18H2,1-3H3,(H,32,33). The van der Waals surface area contributed by atoms with Gasteiger partial charge >= 0.3 is 5.97 Å². The maximum absolute atomic E-state index is 11.2. The Morgan fingerprint density at radius 3 is 2.59 bits per heavy atom. The number of carboxylic acids is 1. The largest absolute Gasteiger partial charge is 0.493 e. The van der Waals surface area contributed by atoms with Crippen molar-refractivity contribution in [1.82, 2.24) is 0 Å². The fourth-order valence-corrected chi connectivity index (χ4v) is 6.95. The van der Waals surface area contributed by atoms with Crippen LogP contribution in [0.25, 0.3) is 11.1 Å². The molecule has 0 spiro atoms. The second-order valence-corrected chi connectivity index (χ2v) is 11.0. The SMILES string of the molecule is COCCCOc1cc(C)c(-c2cccc3c2CCC3Oc2ccc3c(c2)SCC3CC(=O)O)c(C)c1. The lowest BCUT2D eigenvalue weighted by atomic mass is 9.90. The first-order valence-corrected chi connectivity index (χ1v) is 13.9. The number of thioether (sulfide) groups is 1. The molecule has 1 heterocycles. The lowest BCUT2D eigenvalue weighted by Crippen LogP contribution is -2.06. The van der Waals surface area contributed by atoms with Crippen LogP contribution in [0.5, 0.6) is 11.5 Å². The highest BCUT2D eigenvalue weighted by Crippen LogP contribution is 2.45. The van der Waals surface area contributed by atoms with E-state index in [-0.39, 0.29) is 18.4 Å². The second kappa shape index (κ2) is 11.2. The molecule has 0 aromatic heterocycles. The van der Waals surface area contributed by atoms with Crippen molar-refractivity contribution in [2.75, 3.05) is 26.1 Å². The molecule has 0 saturated heterocycles. The average Bonchev–Trinajstić information content (AvgIpc) is 3.45. The van der Waals surface area contributed by atoms with Crippen molar-refractivity contribution >= 4 is 17.7 Å². The number of benzene rings is 3. The zero-order valence-electron chi connectivity index (χ0n) is 21.7. The summed E-state index contributed by atoms with van der Waals surface area (Å²) in [6.45, 7) is 5.66. The van der Waals surface area contributed by atoms with Gasteiger partial charge in [0.05, 0.1) is 13.0 Å². The number of carboxylic acid groups (broad SMARTS) is 1. The number of methoxy groups -OCH3 is 1. The topological polar surface area (TPSA) is 65.0 Å². The fraction of sp³-hybridized carbons (Fsp3) is 0.387. The summed E-state index contributed by atoms with van der Waals surface area (Å²) in [5.41, 5.74) is 8.74. The molecule has 5 nitrogen and oxygen atoms in total. The summed E-state index contributed by atoms with van der Waals surface area (Å²) in [6.07, 6.45) is 2.98. The van der Waals surface area contributed by atoms with Crippen molar-refractivity contribution in [1.29, 1.82) is 0 Å². The molecule has 1 N–H and O–H groups in total. The van der Waals surface area contributed by atoms with E-state index in [2.05, 4.69) is 56.3 Å². The predicted molar refractivity (Wildman–Crippen MR) is 147 cm³/mol. The minimum atomic E-state index is -0.744. The molecule has 0 radical (unpaired) electrons. The number of fused-ring (bicyclic) bond motifs is 2. The summed E-state index contributed by atoms with van der Waals surface area (Å²) in [5.74, 6) is 1.91. The van der Waals surface area contributed by atoms with Crippen molar-refractivity contribution in [2.24, 2.45) is 0 Å². The minimum Gasteiger partial charge on any atom is -0.493 e. The Hall–Kier alpha value is -2.96. The number of aliphatic carboxylic acids is 1. The van der Waals surface area contributed by atoms with Gasteiger partial charge < -0.3 is 19.3 Å². The zero-order valence-corrected chi connectivity index (χ0v) is 22.5. The van der Waals surface area contributed by atoms with Gasteiger partial charge in [-0.05, 0) is 89.9 Å². The fourth-order valence-electron chi connectivity index (χ4n) is 5.67. The maximum atomic E-state index is 11.2. The highest BCUT2D eigenvalue weighted by atomic mass is 32.2. The Morgan fingerprint density at radius 1 is 1.03 bits per heavy atom. The maximum Gasteiger partial charge on any atom is 0.303 e. The van der Waals surface area contributed by atoms with Crippen LogP contribution in [0.2, 0.25) is 0 Å². The number of hydrogen-bond donors (Lipinski definition) is 1. The Labute approximate surface area is 223 Å². The molecule has 2 atom stereocenters. The Kier molecular flexibility index (Phi) is 7.77. The molecule has 3 aromatic carbocycles. The molecule has 1 aliphatic carbocycles. The minimum absolute atomic E-state index is 0.0122. The molecule has 0 bridgehead atoms. The van der Waals surface area contributed by atoms with Gasteiger partial charge in [-0.15, -0.1) is 11.8 Å². The summed E-state index contributed by atoms with van der Waals surface area (Å²) >= 11 is 1.73. The average molecular weight is 519 g/mol. The van der Waals surface area contributed by atoms with Crippen molar-refractivity contribution < 1.29 is 24.1 Å². The number of ether oxygens (including phenoxy) is 3. The van der Waals surface area contributed by atoms with Crippen LogP contribution < -0.4 is 9.47 Å². The quantitative estimate of drug-likeness (QED) is 0.288. The third-order valence-corrected chi connectivity index (χ3v) is 8.55. The number of carbonyl (C=O) groups is 1. The second-order valence-electron chi connectivity index (χ2n) is 9.95. The van der Waals surface area contributed by atoms with Crippen LogP contribution in [0.4, 0.5) is 0 Å². The summed E-state index contributed by atoms with van der Waals surface area (Å²) in [4.78, 5) is 12.3. The monoisotopic (exact) mass is 518 g/mol. The Bertz CT molecular complexity index is 1280. The molecule has 37 heavy (non-hydrogen) atoms. The first-order valence-electron chi connectivity index (χ1n) is 12.9. The molecule has 2 unspecified atom stereocenters. The lowest BCUT2D eigenvalue weighted by molar-refractivity contribution is -0.137. The molecule has 2 aliphatic rings. The van der Waals surface area contributed by atoms with E-state index in [1.54, 1.807) is 18.9 Å². The molecule has 6 heteroatoms. The first-order chi connectivity index (χ1) is 17.9. The number of hydrogen-bond acceptors (Lipinski definition) is 5. The Morgan fingerprint density at radius 2 is 1.84 bits per heavy atom. The van der Waals surface area contributed by atoms with Gasteiger partial charge in [0.15, 0.2) is 0 Å². The van der Waals surface area contributed by atoms with Crippen LogP contribution in [0.15, 0.2) is 53.4 Å².